The fourth-order valence-corrected chi connectivity index (χ4v) is 4.81. The molecule has 4 aromatic rings. The summed E-state index contributed by atoms with van der Waals surface area (Å²) in [6.07, 6.45) is 9.28. The topological polar surface area (TPSA) is 127 Å². The molecule has 0 spiro atoms. The van der Waals surface area contributed by atoms with Gasteiger partial charge in [0.15, 0.2) is 0 Å². The highest BCUT2D eigenvalue weighted by Gasteiger charge is 2.35. The van der Waals surface area contributed by atoms with Crippen molar-refractivity contribution in [2.75, 3.05) is 37.4 Å². The minimum atomic E-state index is -0.427. The Hall–Kier alpha value is -3.60. The zero-order chi connectivity index (χ0) is 23.9. The van der Waals surface area contributed by atoms with Gasteiger partial charge in [-0.05, 0) is 42.5 Å². The molecular weight excluding hydrogens is 444 g/mol. The van der Waals surface area contributed by atoms with Crippen LogP contribution in [-0.2, 0) is 4.74 Å². The van der Waals surface area contributed by atoms with E-state index in [4.69, 9.17) is 10.5 Å². The van der Waals surface area contributed by atoms with Crippen LogP contribution < -0.4 is 11.1 Å². The van der Waals surface area contributed by atoms with Crippen molar-refractivity contribution in [1.82, 2.24) is 29.6 Å². The molecule has 0 bridgehead atoms. The van der Waals surface area contributed by atoms with E-state index in [9.17, 15) is 5.11 Å². The summed E-state index contributed by atoms with van der Waals surface area (Å²) in [6.45, 7) is 5.21. The summed E-state index contributed by atoms with van der Waals surface area (Å²) in [5, 5.41) is 20.2. The Balaban J connectivity index is 1.24. The molecule has 2 atom stereocenters. The van der Waals surface area contributed by atoms with Gasteiger partial charge in [-0.25, -0.2) is 9.97 Å². The molecule has 0 saturated carbocycles. The van der Waals surface area contributed by atoms with Crippen LogP contribution in [0.3, 0.4) is 0 Å². The maximum Gasteiger partial charge on any atom is 0.133 e. The van der Waals surface area contributed by atoms with Crippen molar-refractivity contribution >= 4 is 28.1 Å². The number of rotatable bonds is 5. The second-order valence-electron chi connectivity index (χ2n) is 9.32. The van der Waals surface area contributed by atoms with E-state index < -0.39 is 6.10 Å². The number of nitrogens with zero attached hydrogens (tertiary/aromatic N) is 6. The van der Waals surface area contributed by atoms with E-state index in [-0.39, 0.29) is 6.04 Å². The van der Waals surface area contributed by atoms with Gasteiger partial charge in [0.05, 0.1) is 49.0 Å². The highest BCUT2D eigenvalue weighted by molar-refractivity contribution is 5.94. The van der Waals surface area contributed by atoms with Gasteiger partial charge in [0, 0.05) is 48.8 Å². The zero-order valence-corrected chi connectivity index (χ0v) is 19.5. The third-order valence-corrected chi connectivity index (χ3v) is 6.99. The number of ether oxygens (including phenoxy) is 1. The van der Waals surface area contributed by atoms with Crippen molar-refractivity contribution in [3.05, 3.63) is 54.7 Å². The summed E-state index contributed by atoms with van der Waals surface area (Å²) in [5.41, 5.74) is 9.86. The molecule has 2 unspecified atom stereocenters. The van der Waals surface area contributed by atoms with Crippen LogP contribution in [0.5, 0.6) is 0 Å². The standard InChI is InChI=1S/C25H28N8O2/c1-15-2-4-27-9-19(15)21-6-16-7-24(28-10-20(16)25(26)31-21)30-17-8-29-33(11-17)22-12-32(5-3-23(22)34)18-13-35-14-18/h2,4,6-11,18,22-23,34H,3,5,12-14H2,1H3,(H2,26,31)(H,28,30). The minimum Gasteiger partial charge on any atom is -0.391 e. The molecular formula is C25H28N8O2. The Labute approximate surface area is 202 Å². The van der Waals surface area contributed by atoms with E-state index in [0.29, 0.717) is 17.7 Å². The first-order valence-electron chi connectivity index (χ1n) is 11.8. The molecule has 4 N–H and O–H groups in total. The fraction of sp³-hybridized carbons (Fsp3) is 0.360. The molecule has 2 aliphatic rings. The summed E-state index contributed by atoms with van der Waals surface area (Å²) in [7, 11) is 0. The largest absolute Gasteiger partial charge is 0.391 e. The van der Waals surface area contributed by atoms with Crippen LogP contribution in [0, 0.1) is 6.92 Å². The molecule has 0 aliphatic carbocycles. The summed E-state index contributed by atoms with van der Waals surface area (Å²) in [6, 6.07) is 6.26. The van der Waals surface area contributed by atoms with Crippen molar-refractivity contribution in [1.29, 1.82) is 0 Å². The number of hydrogen-bond acceptors (Lipinski definition) is 9. The Morgan fingerprint density at radius 3 is 2.89 bits per heavy atom. The summed E-state index contributed by atoms with van der Waals surface area (Å²) >= 11 is 0. The van der Waals surface area contributed by atoms with E-state index in [2.05, 4.69) is 30.3 Å². The fourth-order valence-electron chi connectivity index (χ4n) is 4.81. The number of likely N-dealkylation sites (tertiary alicyclic amines) is 1. The molecule has 10 heteroatoms. The monoisotopic (exact) mass is 472 g/mol. The molecule has 4 aromatic heterocycles. The second kappa shape index (κ2) is 8.88. The van der Waals surface area contributed by atoms with E-state index in [1.807, 2.05) is 36.0 Å². The Bertz CT molecular complexity index is 1370. The highest BCUT2D eigenvalue weighted by atomic mass is 16.5. The lowest BCUT2D eigenvalue weighted by Crippen LogP contribution is -2.55. The van der Waals surface area contributed by atoms with Gasteiger partial charge >= 0.3 is 0 Å². The SMILES string of the molecule is Cc1ccncc1-c1cc2cc(Nc3cnn(C4CN(C5COC5)CCC4O)c3)ncc2c(N)n1. The predicted octanol–water partition coefficient (Wildman–Crippen LogP) is 2.53. The van der Waals surface area contributed by atoms with Gasteiger partial charge < -0.3 is 20.9 Å². The molecule has 2 aliphatic heterocycles. The number of anilines is 3. The van der Waals surface area contributed by atoms with Crippen molar-refractivity contribution in [2.45, 2.75) is 31.5 Å². The molecule has 10 nitrogen and oxygen atoms in total. The summed E-state index contributed by atoms with van der Waals surface area (Å²) < 4.78 is 7.20. The van der Waals surface area contributed by atoms with Crippen molar-refractivity contribution in [3.8, 4) is 11.3 Å². The molecule has 6 rings (SSSR count). The van der Waals surface area contributed by atoms with Gasteiger partial charge in [0.25, 0.3) is 0 Å². The van der Waals surface area contributed by atoms with Gasteiger partial charge in [0.1, 0.15) is 11.6 Å². The number of nitrogens with one attached hydrogen (secondary N) is 1. The first kappa shape index (κ1) is 21.9. The Kier molecular flexibility index (Phi) is 5.56. The third-order valence-electron chi connectivity index (χ3n) is 6.99. The van der Waals surface area contributed by atoms with E-state index >= 15 is 0 Å². The molecule has 2 saturated heterocycles. The molecule has 35 heavy (non-hydrogen) atoms. The number of fused-ring (bicyclic) bond motifs is 1. The summed E-state index contributed by atoms with van der Waals surface area (Å²) in [4.78, 5) is 15.7. The van der Waals surface area contributed by atoms with Gasteiger partial charge in [-0.1, -0.05) is 0 Å². The molecule has 0 aromatic carbocycles. The van der Waals surface area contributed by atoms with E-state index in [1.165, 1.54) is 0 Å². The van der Waals surface area contributed by atoms with Gasteiger partial charge in [0.2, 0.25) is 0 Å². The van der Waals surface area contributed by atoms with Crippen molar-refractivity contribution < 1.29 is 9.84 Å². The lowest BCUT2D eigenvalue weighted by molar-refractivity contribution is -0.0912. The lowest BCUT2D eigenvalue weighted by Gasteiger charge is -2.43. The normalized spacial score (nSPS) is 21.2. The van der Waals surface area contributed by atoms with Gasteiger partial charge in [-0.2, -0.15) is 5.10 Å². The second-order valence-corrected chi connectivity index (χ2v) is 9.32. The minimum absolute atomic E-state index is 0.0967. The van der Waals surface area contributed by atoms with Crippen LogP contribution in [0.4, 0.5) is 17.3 Å². The Morgan fingerprint density at radius 2 is 2.09 bits per heavy atom. The van der Waals surface area contributed by atoms with Crippen LogP contribution in [0.15, 0.2) is 49.2 Å². The Morgan fingerprint density at radius 1 is 1.20 bits per heavy atom. The smallest absolute Gasteiger partial charge is 0.133 e. The third kappa shape index (κ3) is 4.20. The van der Waals surface area contributed by atoms with Crippen molar-refractivity contribution in [2.24, 2.45) is 0 Å². The van der Waals surface area contributed by atoms with Crippen LogP contribution in [-0.4, -0.2) is 73.2 Å². The van der Waals surface area contributed by atoms with Crippen LogP contribution >= 0.6 is 0 Å². The number of pyridine rings is 3. The number of aliphatic hydroxyl groups is 1. The van der Waals surface area contributed by atoms with Gasteiger partial charge in [-0.15, -0.1) is 0 Å². The average Bonchev–Trinajstić information content (AvgIpc) is 3.27. The van der Waals surface area contributed by atoms with Crippen LogP contribution in [0.1, 0.15) is 18.0 Å². The maximum atomic E-state index is 10.6. The van der Waals surface area contributed by atoms with E-state index in [1.54, 1.807) is 24.8 Å². The van der Waals surface area contributed by atoms with Crippen molar-refractivity contribution in [3.63, 3.8) is 0 Å². The quantitative estimate of drug-likeness (QED) is 0.401. The number of nitrogen functional groups attached to an aromatic ring is 1. The molecule has 0 radical (unpaired) electrons. The van der Waals surface area contributed by atoms with E-state index in [0.717, 1.165) is 66.0 Å². The number of aryl methyl sites for hydroxylation is 1. The predicted molar refractivity (Wildman–Crippen MR) is 133 cm³/mol. The van der Waals surface area contributed by atoms with Crippen LogP contribution in [0.25, 0.3) is 22.0 Å². The first-order chi connectivity index (χ1) is 17.0. The molecule has 0 amide bonds. The summed E-state index contributed by atoms with van der Waals surface area (Å²) in [5.74, 6) is 1.11. The molecule has 6 heterocycles. The zero-order valence-electron chi connectivity index (χ0n) is 19.5. The number of hydrogen-bond donors (Lipinski definition) is 3. The van der Waals surface area contributed by atoms with Crippen LogP contribution in [0.2, 0.25) is 0 Å². The molecule has 180 valence electrons. The average molecular weight is 473 g/mol. The highest BCUT2D eigenvalue weighted by Crippen LogP contribution is 2.30. The number of nitrogens with two attached hydrogens (primary N) is 1. The molecule has 2 fully saturated rings. The lowest BCUT2D eigenvalue weighted by atomic mass is 10.00. The first-order valence-corrected chi connectivity index (χ1v) is 11.8. The van der Waals surface area contributed by atoms with Gasteiger partial charge in [-0.3, -0.25) is 14.6 Å². The number of aromatic nitrogens is 5. The maximum absolute atomic E-state index is 10.6. The number of piperidine rings is 1. The number of aliphatic hydroxyl groups excluding tert-OH is 1.